The molecular weight excluding hydrogens is 276 g/mol. The van der Waals surface area contributed by atoms with Crippen LogP contribution in [-0.4, -0.2) is 22.6 Å². The number of aromatic nitrogens is 2. The summed E-state index contributed by atoms with van der Waals surface area (Å²) in [5.41, 5.74) is 3.26. The summed E-state index contributed by atoms with van der Waals surface area (Å²) in [5, 5.41) is 1.10. The maximum atomic E-state index is 11.4. The lowest BCUT2D eigenvalue weighted by atomic mass is 10.2. The van der Waals surface area contributed by atoms with Crippen LogP contribution in [0.15, 0.2) is 54.7 Å². The maximum absolute atomic E-state index is 11.4. The minimum atomic E-state index is -0.190. The molecule has 4 nitrogen and oxygen atoms in total. The number of benzene rings is 1. The van der Waals surface area contributed by atoms with E-state index in [2.05, 4.69) is 27.8 Å². The predicted octanol–water partition coefficient (Wildman–Crippen LogP) is 3.19. The molecule has 0 amide bonds. The molecular formula is C18H18N2O2. The minimum Gasteiger partial charge on any atom is -0.469 e. The number of nitrogens with zero attached hydrogens (tertiary/aromatic N) is 2. The van der Waals surface area contributed by atoms with Crippen LogP contribution in [0.4, 0.5) is 0 Å². The molecule has 1 aromatic carbocycles. The monoisotopic (exact) mass is 294 g/mol. The first-order valence-corrected chi connectivity index (χ1v) is 7.32. The number of hydrogen-bond acceptors (Lipinski definition) is 3. The van der Waals surface area contributed by atoms with Crippen molar-refractivity contribution in [3.05, 3.63) is 66.0 Å². The van der Waals surface area contributed by atoms with Crippen molar-refractivity contribution in [2.45, 2.75) is 19.4 Å². The van der Waals surface area contributed by atoms with Crippen molar-refractivity contribution in [1.29, 1.82) is 0 Å². The van der Waals surface area contributed by atoms with Crippen molar-refractivity contribution in [3.8, 4) is 0 Å². The van der Waals surface area contributed by atoms with Gasteiger partial charge in [-0.3, -0.25) is 4.79 Å². The Labute approximate surface area is 129 Å². The third kappa shape index (κ3) is 3.01. The van der Waals surface area contributed by atoms with Gasteiger partial charge in [-0.25, -0.2) is 4.98 Å². The molecule has 112 valence electrons. The van der Waals surface area contributed by atoms with Gasteiger partial charge in [0.1, 0.15) is 5.65 Å². The molecule has 3 rings (SSSR count). The van der Waals surface area contributed by atoms with Gasteiger partial charge in [0.2, 0.25) is 0 Å². The van der Waals surface area contributed by atoms with Gasteiger partial charge < -0.3 is 9.30 Å². The van der Waals surface area contributed by atoms with Crippen LogP contribution in [0.2, 0.25) is 0 Å². The summed E-state index contributed by atoms with van der Waals surface area (Å²) in [6.07, 6.45) is 2.82. The van der Waals surface area contributed by atoms with Gasteiger partial charge in [-0.15, -0.1) is 0 Å². The van der Waals surface area contributed by atoms with E-state index < -0.39 is 0 Å². The van der Waals surface area contributed by atoms with Crippen molar-refractivity contribution in [1.82, 2.24) is 9.55 Å². The summed E-state index contributed by atoms with van der Waals surface area (Å²) in [6.45, 7) is 0.748. The Bertz CT molecular complexity index is 778. The molecule has 0 aliphatic rings. The molecule has 2 heterocycles. The number of rotatable bonds is 5. The first kappa shape index (κ1) is 14.3. The van der Waals surface area contributed by atoms with Gasteiger partial charge in [0, 0.05) is 23.8 Å². The third-order valence-electron chi connectivity index (χ3n) is 3.74. The number of esters is 1. The molecule has 4 heteroatoms. The molecule has 0 spiro atoms. The van der Waals surface area contributed by atoms with E-state index in [1.807, 2.05) is 30.3 Å². The molecule has 0 aliphatic carbocycles. The highest BCUT2D eigenvalue weighted by atomic mass is 16.5. The number of pyridine rings is 1. The highest BCUT2D eigenvalue weighted by Crippen LogP contribution is 2.20. The maximum Gasteiger partial charge on any atom is 0.305 e. The minimum absolute atomic E-state index is 0.190. The Morgan fingerprint density at radius 3 is 2.77 bits per heavy atom. The van der Waals surface area contributed by atoms with Crippen LogP contribution in [0.1, 0.15) is 17.7 Å². The average Bonchev–Trinajstić information content (AvgIpc) is 2.91. The van der Waals surface area contributed by atoms with Gasteiger partial charge in [-0.2, -0.15) is 0 Å². The van der Waals surface area contributed by atoms with Crippen LogP contribution in [0.5, 0.6) is 0 Å². The Morgan fingerprint density at radius 1 is 1.18 bits per heavy atom. The summed E-state index contributed by atoms with van der Waals surface area (Å²) in [4.78, 5) is 15.9. The lowest BCUT2D eigenvalue weighted by Gasteiger charge is -2.10. The second-order valence-corrected chi connectivity index (χ2v) is 5.20. The van der Waals surface area contributed by atoms with E-state index in [0.29, 0.717) is 12.8 Å². The lowest BCUT2D eigenvalue weighted by molar-refractivity contribution is -0.140. The fraction of sp³-hybridized carbons (Fsp3) is 0.222. The molecule has 0 N–H and O–H groups in total. The number of hydrogen-bond donors (Lipinski definition) is 0. The molecule has 0 saturated heterocycles. The molecule has 22 heavy (non-hydrogen) atoms. The van der Waals surface area contributed by atoms with Crippen LogP contribution in [-0.2, 0) is 22.5 Å². The second-order valence-electron chi connectivity index (χ2n) is 5.20. The van der Waals surface area contributed by atoms with Crippen molar-refractivity contribution >= 4 is 17.0 Å². The van der Waals surface area contributed by atoms with Crippen LogP contribution in [0.3, 0.4) is 0 Å². The molecule has 0 bridgehead atoms. The summed E-state index contributed by atoms with van der Waals surface area (Å²) >= 11 is 0. The third-order valence-corrected chi connectivity index (χ3v) is 3.74. The van der Waals surface area contributed by atoms with Crippen LogP contribution < -0.4 is 0 Å². The first-order valence-electron chi connectivity index (χ1n) is 7.32. The zero-order chi connectivity index (χ0) is 15.4. The normalized spacial score (nSPS) is 10.8. The van der Waals surface area contributed by atoms with E-state index in [4.69, 9.17) is 4.74 Å². The number of aryl methyl sites for hydroxylation is 1. The molecule has 0 radical (unpaired) electrons. The van der Waals surface area contributed by atoms with E-state index in [1.54, 1.807) is 6.20 Å². The molecule has 2 aromatic heterocycles. The van der Waals surface area contributed by atoms with E-state index >= 15 is 0 Å². The first-order chi connectivity index (χ1) is 10.8. The number of methoxy groups -OCH3 is 1. The molecule has 0 aliphatic heterocycles. The largest absolute Gasteiger partial charge is 0.469 e. The SMILES string of the molecule is COC(=O)CCc1cc2cccnc2n1Cc1ccccc1. The number of carbonyl (C=O) groups is 1. The second kappa shape index (κ2) is 6.43. The van der Waals surface area contributed by atoms with Crippen LogP contribution in [0, 0.1) is 0 Å². The zero-order valence-electron chi connectivity index (χ0n) is 12.5. The fourth-order valence-electron chi connectivity index (χ4n) is 2.62. The molecule has 0 atom stereocenters. The van der Waals surface area contributed by atoms with Crippen LogP contribution >= 0.6 is 0 Å². The van der Waals surface area contributed by atoms with Gasteiger partial charge in [0.15, 0.2) is 0 Å². The van der Waals surface area contributed by atoms with E-state index in [9.17, 15) is 4.79 Å². The van der Waals surface area contributed by atoms with Gasteiger partial charge in [0.25, 0.3) is 0 Å². The van der Waals surface area contributed by atoms with Gasteiger partial charge in [-0.05, 0) is 30.2 Å². The van der Waals surface area contributed by atoms with Gasteiger partial charge >= 0.3 is 5.97 Å². The molecule has 0 unspecified atom stereocenters. The standard InChI is InChI=1S/C18H18N2O2/c1-22-17(21)10-9-16-12-15-8-5-11-19-18(15)20(16)13-14-6-3-2-4-7-14/h2-8,11-12H,9-10,13H2,1H3. The topological polar surface area (TPSA) is 44.1 Å². The highest BCUT2D eigenvalue weighted by molar-refractivity contribution is 5.78. The summed E-state index contributed by atoms with van der Waals surface area (Å²) < 4.78 is 6.91. The van der Waals surface area contributed by atoms with Gasteiger partial charge in [0.05, 0.1) is 13.5 Å². The quantitative estimate of drug-likeness (QED) is 0.679. The van der Waals surface area contributed by atoms with Crippen molar-refractivity contribution in [2.24, 2.45) is 0 Å². The van der Waals surface area contributed by atoms with E-state index in [1.165, 1.54) is 12.7 Å². The summed E-state index contributed by atoms with van der Waals surface area (Å²) in [5.74, 6) is -0.190. The molecule has 0 saturated carbocycles. The van der Waals surface area contributed by atoms with Gasteiger partial charge in [-0.1, -0.05) is 30.3 Å². The molecule has 0 fully saturated rings. The van der Waals surface area contributed by atoms with Crippen LogP contribution in [0.25, 0.3) is 11.0 Å². The van der Waals surface area contributed by atoms with Crippen molar-refractivity contribution in [3.63, 3.8) is 0 Å². The van der Waals surface area contributed by atoms with Crippen molar-refractivity contribution in [2.75, 3.05) is 7.11 Å². The summed E-state index contributed by atoms with van der Waals surface area (Å²) in [6, 6.07) is 16.3. The zero-order valence-corrected chi connectivity index (χ0v) is 12.5. The molecule has 3 aromatic rings. The number of ether oxygens (including phenoxy) is 1. The van der Waals surface area contributed by atoms with E-state index in [-0.39, 0.29) is 5.97 Å². The summed E-state index contributed by atoms with van der Waals surface area (Å²) in [7, 11) is 1.42. The number of fused-ring (bicyclic) bond motifs is 1. The Balaban J connectivity index is 1.95. The average molecular weight is 294 g/mol. The lowest BCUT2D eigenvalue weighted by Crippen LogP contribution is -2.08. The van der Waals surface area contributed by atoms with E-state index in [0.717, 1.165) is 23.3 Å². The fourth-order valence-corrected chi connectivity index (χ4v) is 2.62. The predicted molar refractivity (Wildman–Crippen MR) is 85.6 cm³/mol. The Morgan fingerprint density at radius 2 is 2.00 bits per heavy atom. The number of carbonyl (C=O) groups excluding carboxylic acids is 1. The highest BCUT2D eigenvalue weighted by Gasteiger charge is 2.12. The smallest absolute Gasteiger partial charge is 0.305 e. The van der Waals surface area contributed by atoms with Crippen molar-refractivity contribution < 1.29 is 9.53 Å². The Hall–Kier alpha value is -2.62. The Kier molecular flexibility index (Phi) is 4.19.